The molecule has 0 spiro atoms. The van der Waals surface area contributed by atoms with E-state index < -0.39 is 0 Å². The quantitative estimate of drug-likeness (QED) is 0.665. The number of rotatable bonds is 5. The third-order valence-electron chi connectivity index (χ3n) is 2.90. The van der Waals surface area contributed by atoms with Crippen molar-refractivity contribution in [3.63, 3.8) is 0 Å². The number of nitrogens with one attached hydrogen (secondary N) is 1. The molecular weight excluding hydrogens is 258 g/mol. The Balaban J connectivity index is 2.12. The van der Waals surface area contributed by atoms with Gasteiger partial charge in [-0.3, -0.25) is 10.1 Å². The second-order valence-corrected chi connectivity index (χ2v) is 4.19. The molecule has 0 amide bonds. The van der Waals surface area contributed by atoms with Crippen molar-refractivity contribution < 1.29 is 9.34 Å². The van der Waals surface area contributed by atoms with Crippen molar-refractivity contribution >= 4 is 11.4 Å². The highest BCUT2D eigenvalue weighted by Crippen LogP contribution is 2.24. The number of nitrogens with zero attached hydrogens (tertiary/aromatic N) is 2. The fourth-order valence-electron chi connectivity index (χ4n) is 1.86. The minimum absolute atomic E-state index is 0.106. The summed E-state index contributed by atoms with van der Waals surface area (Å²) in [6, 6.07) is 10.2. The molecule has 0 saturated carbocycles. The standard InChI is InChI=1S/C14H13N3O3/c1-2-10-3-4-11(7-14(10)17(18)19)16-9-13-6-5-12(8-15)20-13/h3-7,16H,2,9H2,1H3. The number of benzene rings is 1. The van der Waals surface area contributed by atoms with Crippen molar-refractivity contribution in [2.24, 2.45) is 0 Å². The summed E-state index contributed by atoms with van der Waals surface area (Å²) < 4.78 is 5.22. The van der Waals surface area contributed by atoms with E-state index in [1.807, 2.05) is 13.0 Å². The number of furan rings is 1. The lowest BCUT2D eigenvalue weighted by molar-refractivity contribution is -0.385. The van der Waals surface area contributed by atoms with E-state index in [-0.39, 0.29) is 16.4 Å². The molecule has 6 nitrogen and oxygen atoms in total. The number of nitro groups is 1. The molecule has 0 saturated heterocycles. The summed E-state index contributed by atoms with van der Waals surface area (Å²) in [6.45, 7) is 2.24. The van der Waals surface area contributed by atoms with E-state index in [0.717, 1.165) is 0 Å². The molecule has 0 radical (unpaired) electrons. The van der Waals surface area contributed by atoms with Crippen LogP contribution < -0.4 is 5.32 Å². The van der Waals surface area contributed by atoms with E-state index in [1.165, 1.54) is 6.07 Å². The van der Waals surface area contributed by atoms with Crippen LogP contribution in [0.3, 0.4) is 0 Å². The summed E-state index contributed by atoms with van der Waals surface area (Å²) in [5, 5.41) is 22.7. The predicted octanol–water partition coefficient (Wildman–Crippen LogP) is 3.23. The average Bonchev–Trinajstić information content (AvgIpc) is 2.92. The first-order valence-electron chi connectivity index (χ1n) is 6.14. The van der Waals surface area contributed by atoms with Gasteiger partial charge in [-0.05, 0) is 24.6 Å². The number of nitriles is 1. The average molecular weight is 271 g/mol. The van der Waals surface area contributed by atoms with Crippen LogP contribution in [0.4, 0.5) is 11.4 Å². The Morgan fingerprint density at radius 3 is 2.80 bits per heavy atom. The van der Waals surface area contributed by atoms with Crippen LogP contribution in [0, 0.1) is 21.4 Å². The molecule has 1 heterocycles. The van der Waals surface area contributed by atoms with Crippen LogP contribution in [0.1, 0.15) is 24.0 Å². The lowest BCUT2D eigenvalue weighted by Crippen LogP contribution is -2.00. The minimum Gasteiger partial charge on any atom is -0.449 e. The molecule has 0 bridgehead atoms. The van der Waals surface area contributed by atoms with E-state index in [4.69, 9.17) is 9.68 Å². The van der Waals surface area contributed by atoms with Crippen LogP contribution in [0.25, 0.3) is 0 Å². The molecule has 0 atom stereocenters. The van der Waals surface area contributed by atoms with E-state index in [9.17, 15) is 10.1 Å². The third kappa shape index (κ3) is 2.95. The Labute approximate surface area is 115 Å². The van der Waals surface area contributed by atoms with Crippen LogP contribution in [0.5, 0.6) is 0 Å². The van der Waals surface area contributed by atoms with Gasteiger partial charge < -0.3 is 9.73 Å². The molecule has 2 aromatic rings. The smallest absolute Gasteiger partial charge is 0.274 e. The van der Waals surface area contributed by atoms with Gasteiger partial charge in [-0.15, -0.1) is 0 Å². The molecule has 0 aliphatic rings. The van der Waals surface area contributed by atoms with E-state index in [2.05, 4.69) is 5.32 Å². The fraction of sp³-hybridized carbons (Fsp3) is 0.214. The van der Waals surface area contributed by atoms with Crippen molar-refractivity contribution in [1.82, 2.24) is 0 Å². The lowest BCUT2D eigenvalue weighted by Gasteiger charge is -2.06. The molecule has 1 aromatic carbocycles. The van der Waals surface area contributed by atoms with Crippen LogP contribution in [0.15, 0.2) is 34.7 Å². The predicted molar refractivity (Wildman–Crippen MR) is 73.2 cm³/mol. The molecule has 6 heteroatoms. The first-order chi connectivity index (χ1) is 9.63. The van der Waals surface area contributed by atoms with Gasteiger partial charge in [0.15, 0.2) is 0 Å². The number of aryl methyl sites for hydroxylation is 1. The molecule has 0 aliphatic carbocycles. The highest BCUT2D eigenvalue weighted by Gasteiger charge is 2.13. The van der Waals surface area contributed by atoms with Gasteiger partial charge in [0, 0.05) is 17.3 Å². The highest BCUT2D eigenvalue weighted by atomic mass is 16.6. The first kappa shape index (κ1) is 13.6. The summed E-state index contributed by atoms with van der Waals surface area (Å²) >= 11 is 0. The normalized spacial score (nSPS) is 10.0. The first-order valence-corrected chi connectivity index (χ1v) is 6.14. The maximum absolute atomic E-state index is 11.0. The summed E-state index contributed by atoms with van der Waals surface area (Å²) in [6.07, 6.45) is 0.611. The molecule has 0 aliphatic heterocycles. The largest absolute Gasteiger partial charge is 0.449 e. The number of hydrogen-bond acceptors (Lipinski definition) is 5. The second kappa shape index (κ2) is 5.89. The molecular formula is C14H13N3O3. The zero-order chi connectivity index (χ0) is 14.5. The van der Waals surface area contributed by atoms with Crippen LogP contribution in [-0.4, -0.2) is 4.92 Å². The van der Waals surface area contributed by atoms with Crippen LogP contribution in [0.2, 0.25) is 0 Å². The van der Waals surface area contributed by atoms with Gasteiger partial charge in [-0.1, -0.05) is 13.0 Å². The molecule has 0 unspecified atom stereocenters. The van der Waals surface area contributed by atoms with Gasteiger partial charge in [-0.2, -0.15) is 5.26 Å². The monoisotopic (exact) mass is 271 g/mol. The Hall–Kier alpha value is -2.81. The van der Waals surface area contributed by atoms with Gasteiger partial charge in [0.1, 0.15) is 11.8 Å². The maximum Gasteiger partial charge on any atom is 0.274 e. The van der Waals surface area contributed by atoms with Gasteiger partial charge in [0.2, 0.25) is 5.76 Å². The molecule has 2 rings (SSSR count). The number of nitro benzene ring substituents is 1. The summed E-state index contributed by atoms with van der Waals surface area (Å²) in [4.78, 5) is 10.6. The summed E-state index contributed by atoms with van der Waals surface area (Å²) in [7, 11) is 0. The van der Waals surface area contributed by atoms with Crippen molar-refractivity contribution in [3.8, 4) is 6.07 Å². The van der Waals surface area contributed by atoms with Crippen molar-refractivity contribution in [3.05, 3.63) is 57.5 Å². The Morgan fingerprint density at radius 2 is 2.20 bits per heavy atom. The molecule has 1 aromatic heterocycles. The second-order valence-electron chi connectivity index (χ2n) is 4.19. The molecule has 0 fully saturated rings. The van der Waals surface area contributed by atoms with Gasteiger partial charge in [0.05, 0.1) is 11.5 Å². The molecule has 102 valence electrons. The van der Waals surface area contributed by atoms with Gasteiger partial charge >= 0.3 is 0 Å². The maximum atomic E-state index is 11.0. The van der Waals surface area contributed by atoms with Gasteiger partial charge in [-0.25, -0.2) is 0 Å². The molecule has 1 N–H and O–H groups in total. The fourth-order valence-corrected chi connectivity index (χ4v) is 1.86. The molecule has 20 heavy (non-hydrogen) atoms. The van der Waals surface area contributed by atoms with E-state index in [1.54, 1.807) is 24.3 Å². The summed E-state index contributed by atoms with van der Waals surface area (Å²) in [5.41, 5.74) is 1.45. The zero-order valence-corrected chi connectivity index (χ0v) is 10.9. The van der Waals surface area contributed by atoms with Crippen molar-refractivity contribution in [1.29, 1.82) is 5.26 Å². The van der Waals surface area contributed by atoms with Crippen molar-refractivity contribution in [2.45, 2.75) is 19.9 Å². The number of hydrogen-bond donors (Lipinski definition) is 1. The van der Waals surface area contributed by atoms with Crippen LogP contribution >= 0.6 is 0 Å². The third-order valence-corrected chi connectivity index (χ3v) is 2.90. The Kier molecular flexibility index (Phi) is 4.01. The minimum atomic E-state index is -0.384. The Morgan fingerprint density at radius 1 is 1.40 bits per heavy atom. The number of anilines is 1. The van der Waals surface area contributed by atoms with E-state index in [0.29, 0.717) is 30.0 Å². The van der Waals surface area contributed by atoms with Crippen LogP contribution in [-0.2, 0) is 13.0 Å². The highest BCUT2D eigenvalue weighted by molar-refractivity contribution is 5.55. The topological polar surface area (TPSA) is 92.1 Å². The SMILES string of the molecule is CCc1ccc(NCc2ccc(C#N)o2)cc1[N+](=O)[O-]. The lowest BCUT2D eigenvalue weighted by atomic mass is 10.1. The zero-order valence-electron chi connectivity index (χ0n) is 10.9. The van der Waals surface area contributed by atoms with Gasteiger partial charge in [0.25, 0.3) is 5.69 Å². The Bertz CT molecular complexity index is 671. The van der Waals surface area contributed by atoms with Crippen molar-refractivity contribution in [2.75, 3.05) is 5.32 Å². The summed E-state index contributed by atoms with van der Waals surface area (Å²) in [5.74, 6) is 0.845. The van der Waals surface area contributed by atoms with E-state index >= 15 is 0 Å².